The highest BCUT2D eigenvalue weighted by molar-refractivity contribution is 6.12. The highest BCUT2D eigenvalue weighted by Gasteiger charge is 2.20. The minimum atomic E-state index is -0.106. The summed E-state index contributed by atoms with van der Waals surface area (Å²) in [4.78, 5) is 20.8. The molecule has 118 valence electrons. The van der Waals surface area contributed by atoms with Gasteiger partial charge < -0.3 is 16.8 Å². The third-order valence-corrected chi connectivity index (χ3v) is 3.96. The Labute approximate surface area is 130 Å². The molecule has 0 fully saturated rings. The fourth-order valence-corrected chi connectivity index (χ4v) is 2.56. The van der Waals surface area contributed by atoms with Crippen LogP contribution in [-0.4, -0.2) is 23.7 Å². The summed E-state index contributed by atoms with van der Waals surface area (Å²) in [6.07, 6.45) is 5.57. The molecule has 5 N–H and O–H groups in total. The molecule has 1 aliphatic rings. The van der Waals surface area contributed by atoms with Gasteiger partial charge in [0.15, 0.2) is 0 Å². The Kier molecular flexibility index (Phi) is 5.27. The molecule has 1 amide bonds. The predicted molar refractivity (Wildman–Crippen MR) is 87.1 cm³/mol. The number of hydrogen-bond acceptors (Lipinski definition) is 5. The van der Waals surface area contributed by atoms with Crippen LogP contribution in [0.2, 0.25) is 0 Å². The largest absolute Gasteiger partial charge is 0.403 e. The van der Waals surface area contributed by atoms with Crippen LogP contribution in [0.15, 0.2) is 35.2 Å². The van der Waals surface area contributed by atoms with Crippen LogP contribution in [0.25, 0.3) is 0 Å². The van der Waals surface area contributed by atoms with E-state index in [1.807, 2.05) is 19.1 Å². The number of rotatable bonds is 0. The predicted octanol–water partition coefficient (Wildman–Crippen LogP) is 1.24. The van der Waals surface area contributed by atoms with Crippen LogP contribution < -0.4 is 16.8 Å². The Balaban J connectivity index is 2.47. The average Bonchev–Trinajstić information content (AvgIpc) is 2.53. The van der Waals surface area contributed by atoms with Crippen LogP contribution in [0.1, 0.15) is 43.5 Å². The molecule has 1 aliphatic heterocycles. The smallest absolute Gasteiger partial charge is 0.227 e. The zero-order valence-corrected chi connectivity index (χ0v) is 13.0. The summed E-state index contributed by atoms with van der Waals surface area (Å²) < 4.78 is 0. The molecule has 0 aliphatic carbocycles. The van der Waals surface area contributed by atoms with E-state index >= 15 is 0 Å². The van der Waals surface area contributed by atoms with Gasteiger partial charge in [-0.25, -0.2) is 0 Å². The lowest BCUT2D eigenvalue weighted by molar-refractivity contribution is -0.123. The molecule has 0 saturated carbocycles. The first kappa shape index (κ1) is 16.2. The van der Waals surface area contributed by atoms with E-state index in [4.69, 9.17) is 11.5 Å². The highest BCUT2D eigenvalue weighted by atomic mass is 16.1. The molecule has 6 heteroatoms. The molecule has 2 atom stereocenters. The molecule has 0 radical (unpaired) electrons. The van der Waals surface area contributed by atoms with Crippen LogP contribution >= 0.6 is 0 Å². The minimum absolute atomic E-state index is 0.0665. The lowest BCUT2D eigenvalue weighted by Crippen LogP contribution is -2.33. The SMILES string of the molecule is CN=C1C(=CN)NC(=O)C(C)CCCC(N)c2ccnc1c2. The molecule has 2 heterocycles. The van der Waals surface area contributed by atoms with Gasteiger partial charge in [-0.1, -0.05) is 13.3 Å². The summed E-state index contributed by atoms with van der Waals surface area (Å²) in [5, 5.41) is 2.85. The number of allylic oxidation sites excluding steroid dienone is 1. The van der Waals surface area contributed by atoms with E-state index in [-0.39, 0.29) is 17.9 Å². The first-order chi connectivity index (χ1) is 10.6. The fourth-order valence-electron chi connectivity index (χ4n) is 2.56. The van der Waals surface area contributed by atoms with Gasteiger partial charge in [0.1, 0.15) is 5.71 Å². The van der Waals surface area contributed by atoms with Crippen molar-refractivity contribution in [1.82, 2.24) is 10.3 Å². The van der Waals surface area contributed by atoms with Crippen LogP contribution in [0.5, 0.6) is 0 Å². The number of aromatic nitrogens is 1. The van der Waals surface area contributed by atoms with Gasteiger partial charge in [-0.3, -0.25) is 14.8 Å². The quantitative estimate of drug-likeness (QED) is 0.670. The Hall–Kier alpha value is -2.21. The second-order valence-corrected chi connectivity index (χ2v) is 5.55. The zero-order chi connectivity index (χ0) is 16.1. The van der Waals surface area contributed by atoms with Crippen molar-refractivity contribution in [3.63, 3.8) is 0 Å². The van der Waals surface area contributed by atoms with Crippen LogP contribution in [0.3, 0.4) is 0 Å². The Bertz CT molecular complexity index is 608. The molecular formula is C16H23N5O. The van der Waals surface area contributed by atoms with Crippen molar-refractivity contribution < 1.29 is 4.79 Å². The summed E-state index contributed by atoms with van der Waals surface area (Å²) in [7, 11) is 1.65. The molecule has 6 nitrogen and oxygen atoms in total. The minimum Gasteiger partial charge on any atom is -0.403 e. The second kappa shape index (κ2) is 7.17. The molecule has 0 saturated heterocycles. The van der Waals surface area contributed by atoms with Crippen LogP contribution in [-0.2, 0) is 4.79 Å². The Morgan fingerprint density at radius 3 is 2.91 bits per heavy atom. The molecule has 0 aromatic carbocycles. The van der Waals surface area contributed by atoms with E-state index in [0.717, 1.165) is 24.8 Å². The summed E-state index contributed by atoms with van der Waals surface area (Å²) in [6.45, 7) is 1.90. The molecule has 0 spiro atoms. The molecule has 1 aromatic heterocycles. The highest BCUT2D eigenvalue weighted by Crippen LogP contribution is 2.21. The van der Waals surface area contributed by atoms with Gasteiger partial charge in [-0.2, -0.15) is 0 Å². The number of pyridine rings is 1. The van der Waals surface area contributed by atoms with Crippen molar-refractivity contribution in [1.29, 1.82) is 0 Å². The zero-order valence-electron chi connectivity index (χ0n) is 13.0. The lowest BCUT2D eigenvalue weighted by Gasteiger charge is -2.19. The van der Waals surface area contributed by atoms with Crippen LogP contribution in [0, 0.1) is 5.92 Å². The maximum Gasteiger partial charge on any atom is 0.227 e. The first-order valence-corrected chi connectivity index (χ1v) is 7.48. The van der Waals surface area contributed by atoms with Crippen molar-refractivity contribution >= 4 is 11.6 Å². The van der Waals surface area contributed by atoms with Gasteiger partial charge in [0.2, 0.25) is 5.91 Å². The third-order valence-electron chi connectivity index (χ3n) is 3.96. The number of carbonyl (C=O) groups excluding carboxylic acids is 1. The first-order valence-electron chi connectivity index (χ1n) is 7.48. The van der Waals surface area contributed by atoms with E-state index < -0.39 is 0 Å². The van der Waals surface area contributed by atoms with Crippen molar-refractivity contribution in [2.45, 2.75) is 32.2 Å². The molecule has 2 bridgehead atoms. The number of aliphatic imine (C=N–C) groups is 1. The van der Waals surface area contributed by atoms with Crippen molar-refractivity contribution in [3.05, 3.63) is 41.5 Å². The van der Waals surface area contributed by atoms with Gasteiger partial charge in [0.05, 0.1) is 11.4 Å². The van der Waals surface area contributed by atoms with Crippen molar-refractivity contribution in [3.8, 4) is 0 Å². The number of nitrogens with zero attached hydrogens (tertiary/aromatic N) is 2. The molecule has 2 rings (SSSR count). The second-order valence-electron chi connectivity index (χ2n) is 5.55. The van der Waals surface area contributed by atoms with Gasteiger partial charge in [-0.05, 0) is 30.5 Å². The molecule has 22 heavy (non-hydrogen) atoms. The van der Waals surface area contributed by atoms with Gasteiger partial charge in [0, 0.05) is 31.4 Å². The Morgan fingerprint density at radius 1 is 1.45 bits per heavy atom. The normalized spacial score (nSPS) is 27.1. The van der Waals surface area contributed by atoms with Gasteiger partial charge in [-0.15, -0.1) is 0 Å². The number of fused-ring (bicyclic) bond motifs is 2. The standard InChI is InChI=1S/C16H23N5O/c1-10-4-3-5-12(18)11-6-7-20-13(8-11)15(19-2)14(9-17)21-16(10)22/h6-10,12H,3-5,17-18H2,1-2H3,(H,21,22). The summed E-state index contributed by atoms with van der Waals surface area (Å²) in [5.74, 6) is -0.172. The molecule has 2 unspecified atom stereocenters. The third kappa shape index (κ3) is 3.51. The number of amides is 1. The fraction of sp³-hybridized carbons (Fsp3) is 0.438. The van der Waals surface area contributed by atoms with Crippen molar-refractivity contribution in [2.75, 3.05) is 7.05 Å². The number of nitrogens with two attached hydrogens (primary N) is 2. The maximum atomic E-state index is 12.3. The number of carbonyl (C=O) groups is 1. The Morgan fingerprint density at radius 2 is 2.23 bits per heavy atom. The van der Waals surface area contributed by atoms with Gasteiger partial charge >= 0.3 is 0 Å². The monoisotopic (exact) mass is 301 g/mol. The van der Waals surface area contributed by atoms with Crippen molar-refractivity contribution in [2.24, 2.45) is 22.4 Å². The number of nitrogens with one attached hydrogen (secondary N) is 1. The van der Waals surface area contributed by atoms with E-state index in [1.165, 1.54) is 6.20 Å². The van der Waals surface area contributed by atoms with E-state index in [2.05, 4.69) is 15.3 Å². The van der Waals surface area contributed by atoms with E-state index in [1.54, 1.807) is 13.2 Å². The summed E-state index contributed by atoms with van der Waals surface area (Å²) in [6, 6.07) is 3.76. The maximum absolute atomic E-state index is 12.3. The van der Waals surface area contributed by atoms with E-state index in [9.17, 15) is 4.79 Å². The summed E-state index contributed by atoms with van der Waals surface area (Å²) in [5.41, 5.74) is 14.6. The van der Waals surface area contributed by atoms with E-state index in [0.29, 0.717) is 17.1 Å². The molecular weight excluding hydrogens is 278 g/mol. The lowest BCUT2D eigenvalue weighted by atomic mass is 9.96. The van der Waals surface area contributed by atoms with Gasteiger partial charge in [0.25, 0.3) is 0 Å². The number of hydrogen-bond donors (Lipinski definition) is 3. The topological polar surface area (TPSA) is 106 Å². The summed E-state index contributed by atoms with van der Waals surface area (Å²) >= 11 is 0. The van der Waals surface area contributed by atoms with Crippen LogP contribution in [0.4, 0.5) is 0 Å². The molecule has 1 aromatic rings. The average molecular weight is 301 g/mol.